The Bertz CT molecular complexity index is 1800. The van der Waals surface area contributed by atoms with Gasteiger partial charge in [-0.1, -0.05) is 103 Å². The van der Waals surface area contributed by atoms with E-state index in [1.807, 2.05) is 0 Å². The lowest BCUT2D eigenvalue weighted by Crippen LogP contribution is -2.09. The van der Waals surface area contributed by atoms with E-state index < -0.39 is 0 Å². The Hall–Kier alpha value is -5.08. The third-order valence-corrected chi connectivity index (χ3v) is 7.16. The van der Waals surface area contributed by atoms with Crippen LogP contribution >= 0.6 is 0 Å². The van der Waals surface area contributed by atoms with Crippen LogP contribution in [0.15, 0.2) is 158 Å². The van der Waals surface area contributed by atoms with Crippen molar-refractivity contribution in [1.29, 1.82) is 0 Å². The first-order valence-corrected chi connectivity index (χ1v) is 13.0. The summed E-state index contributed by atoms with van der Waals surface area (Å²) in [6.07, 6.45) is 0. The Kier molecular flexibility index (Phi) is 5.49. The lowest BCUT2D eigenvalue weighted by Gasteiger charge is -2.25. The monoisotopic (exact) mass is 486 g/mol. The minimum atomic E-state index is 1.12. The fourth-order valence-corrected chi connectivity index (χ4v) is 5.41. The first-order valence-electron chi connectivity index (χ1n) is 13.0. The van der Waals surface area contributed by atoms with E-state index in [0.717, 1.165) is 22.7 Å². The van der Waals surface area contributed by atoms with Crippen molar-refractivity contribution in [3.8, 4) is 16.8 Å². The Morgan fingerprint density at radius 2 is 0.868 bits per heavy atom. The molecule has 0 saturated carbocycles. The summed E-state index contributed by atoms with van der Waals surface area (Å²) in [5.41, 5.74) is 9.37. The molecule has 38 heavy (non-hydrogen) atoms. The molecule has 2 nitrogen and oxygen atoms in total. The lowest BCUT2D eigenvalue weighted by molar-refractivity contribution is 1.18. The van der Waals surface area contributed by atoms with Crippen LogP contribution in [0.1, 0.15) is 0 Å². The zero-order valence-corrected chi connectivity index (χ0v) is 20.9. The highest BCUT2D eigenvalue weighted by molar-refractivity contribution is 6.11. The van der Waals surface area contributed by atoms with Crippen LogP contribution in [-0.4, -0.2) is 4.57 Å². The Balaban J connectivity index is 1.51. The van der Waals surface area contributed by atoms with Crippen LogP contribution in [0.4, 0.5) is 17.1 Å². The highest BCUT2D eigenvalue weighted by Gasteiger charge is 2.17. The molecule has 7 rings (SSSR count). The van der Waals surface area contributed by atoms with E-state index in [1.165, 1.54) is 32.9 Å². The van der Waals surface area contributed by atoms with Crippen LogP contribution < -0.4 is 4.90 Å². The van der Waals surface area contributed by atoms with Crippen molar-refractivity contribution in [3.63, 3.8) is 0 Å². The molecule has 0 atom stereocenters. The molecule has 1 heterocycles. The average molecular weight is 487 g/mol. The fraction of sp³-hybridized carbons (Fsp3) is 0. The summed E-state index contributed by atoms with van der Waals surface area (Å²) in [4.78, 5) is 2.32. The van der Waals surface area contributed by atoms with E-state index in [9.17, 15) is 0 Å². The number of anilines is 3. The van der Waals surface area contributed by atoms with Gasteiger partial charge in [-0.25, -0.2) is 0 Å². The van der Waals surface area contributed by atoms with E-state index in [4.69, 9.17) is 0 Å². The number of nitrogens with zero attached hydrogens (tertiary/aromatic N) is 2. The van der Waals surface area contributed by atoms with E-state index in [-0.39, 0.29) is 0 Å². The summed E-state index contributed by atoms with van der Waals surface area (Å²) < 4.78 is 2.40. The molecule has 7 aromatic rings. The van der Waals surface area contributed by atoms with E-state index in [2.05, 4.69) is 167 Å². The van der Waals surface area contributed by atoms with Crippen molar-refractivity contribution in [2.24, 2.45) is 0 Å². The number of rotatable bonds is 5. The van der Waals surface area contributed by atoms with Gasteiger partial charge in [-0.05, 0) is 65.7 Å². The predicted molar refractivity (Wildman–Crippen MR) is 161 cm³/mol. The normalized spacial score (nSPS) is 11.2. The molecule has 0 amide bonds. The Morgan fingerprint density at radius 3 is 1.47 bits per heavy atom. The summed E-state index contributed by atoms with van der Waals surface area (Å²) in [6.45, 7) is 0. The maximum Gasteiger partial charge on any atom is 0.0561 e. The number of hydrogen-bond donors (Lipinski definition) is 0. The fourth-order valence-electron chi connectivity index (χ4n) is 5.41. The molecule has 0 saturated heterocycles. The molecule has 0 unspecified atom stereocenters. The van der Waals surface area contributed by atoms with Gasteiger partial charge in [-0.2, -0.15) is 0 Å². The van der Waals surface area contributed by atoms with E-state index >= 15 is 0 Å². The third-order valence-electron chi connectivity index (χ3n) is 7.16. The summed E-state index contributed by atoms with van der Waals surface area (Å²) in [5, 5.41) is 2.49. The maximum absolute atomic E-state index is 2.40. The number of aromatic nitrogens is 1. The number of fused-ring (bicyclic) bond motifs is 3. The van der Waals surface area contributed by atoms with Gasteiger partial charge in [-0.3, -0.25) is 0 Å². The second-order valence-electron chi connectivity index (χ2n) is 9.48. The molecule has 180 valence electrons. The average Bonchev–Trinajstić information content (AvgIpc) is 3.32. The number of hydrogen-bond acceptors (Lipinski definition) is 1. The SMILES string of the molecule is c1ccc(-c2ccc3c4ccc(N(c5ccccc5)c5ccccc5)cc4n(-c4ccccc4)c3c2)cc1. The summed E-state index contributed by atoms with van der Waals surface area (Å²) in [7, 11) is 0. The zero-order valence-electron chi connectivity index (χ0n) is 20.9. The number of para-hydroxylation sites is 3. The predicted octanol–water partition coefficient (Wildman–Crippen LogP) is 9.92. The van der Waals surface area contributed by atoms with Crippen molar-refractivity contribution in [3.05, 3.63) is 158 Å². The first kappa shape index (κ1) is 22.1. The number of benzene rings is 6. The van der Waals surface area contributed by atoms with Crippen LogP contribution in [-0.2, 0) is 0 Å². The van der Waals surface area contributed by atoms with Crippen LogP contribution in [0.2, 0.25) is 0 Å². The Labute approximate surface area is 222 Å². The molecule has 0 aliphatic heterocycles. The minimum Gasteiger partial charge on any atom is -0.310 e. The van der Waals surface area contributed by atoms with Crippen molar-refractivity contribution in [2.75, 3.05) is 4.90 Å². The Morgan fingerprint density at radius 1 is 0.368 bits per heavy atom. The molecule has 0 bridgehead atoms. The molecule has 2 heteroatoms. The minimum absolute atomic E-state index is 1.12. The largest absolute Gasteiger partial charge is 0.310 e. The maximum atomic E-state index is 2.40. The third kappa shape index (κ3) is 3.84. The molecule has 1 aromatic heterocycles. The lowest BCUT2D eigenvalue weighted by atomic mass is 10.0. The van der Waals surface area contributed by atoms with Gasteiger partial charge in [0.05, 0.1) is 11.0 Å². The molecule has 0 radical (unpaired) electrons. The van der Waals surface area contributed by atoms with Gasteiger partial charge in [0.1, 0.15) is 0 Å². The van der Waals surface area contributed by atoms with Gasteiger partial charge >= 0.3 is 0 Å². The molecular formula is C36H26N2. The molecule has 6 aromatic carbocycles. The summed E-state index contributed by atoms with van der Waals surface area (Å²) in [6, 6.07) is 56.1. The second-order valence-corrected chi connectivity index (χ2v) is 9.48. The van der Waals surface area contributed by atoms with Crippen molar-refractivity contribution in [1.82, 2.24) is 4.57 Å². The van der Waals surface area contributed by atoms with Crippen LogP contribution in [0.25, 0.3) is 38.6 Å². The standard InChI is InChI=1S/C36H26N2/c1-5-13-27(14-6-1)28-21-23-33-34-24-22-32(26-36(34)38(35(33)25-28)31-19-11-4-12-20-31)37(29-15-7-2-8-16-29)30-17-9-3-10-18-30/h1-26H. The van der Waals surface area contributed by atoms with E-state index in [0.29, 0.717) is 0 Å². The molecule has 0 aliphatic carbocycles. The second kappa shape index (κ2) is 9.42. The van der Waals surface area contributed by atoms with Crippen molar-refractivity contribution < 1.29 is 0 Å². The van der Waals surface area contributed by atoms with Gasteiger partial charge in [0.15, 0.2) is 0 Å². The molecule has 0 fully saturated rings. The quantitative estimate of drug-likeness (QED) is 0.235. The van der Waals surface area contributed by atoms with Gasteiger partial charge < -0.3 is 9.47 Å². The molecule has 0 aliphatic rings. The van der Waals surface area contributed by atoms with Crippen LogP contribution in [0.3, 0.4) is 0 Å². The van der Waals surface area contributed by atoms with E-state index in [1.54, 1.807) is 0 Å². The van der Waals surface area contributed by atoms with Gasteiger partial charge in [0.25, 0.3) is 0 Å². The molecule has 0 N–H and O–H groups in total. The molecule has 0 spiro atoms. The summed E-state index contributed by atoms with van der Waals surface area (Å²) >= 11 is 0. The van der Waals surface area contributed by atoms with Gasteiger partial charge in [0, 0.05) is 33.5 Å². The zero-order chi connectivity index (χ0) is 25.3. The summed E-state index contributed by atoms with van der Waals surface area (Å²) in [5.74, 6) is 0. The highest BCUT2D eigenvalue weighted by Crippen LogP contribution is 2.40. The van der Waals surface area contributed by atoms with Crippen molar-refractivity contribution >= 4 is 38.9 Å². The molecular weight excluding hydrogens is 460 g/mol. The topological polar surface area (TPSA) is 8.17 Å². The van der Waals surface area contributed by atoms with Crippen LogP contribution in [0, 0.1) is 0 Å². The van der Waals surface area contributed by atoms with Gasteiger partial charge in [0.2, 0.25) is 0 Å². The first-order chi connectivity index (χ1) is 18.9. The van der Waals surface area contributed by atoms with Gasteiger partial charge in [-0.15, -0.1) is 0 Å². The highest BCUT2D eigenvalue weighted by atomic mass is 15.1. The van der Waals surface area contributed by atoms with Crippen LogP contribution in [0.5, 0.6) is 0 Å². The van der Waals surface area contributed by atoms with Crippen molar-refractivity contribution in [2.45, 2.75) is 0 Å². The smallest absolute Gasteiger partial charge is 0.0561 e.